The van der Waals surface area contributed by atoms with Crippen molar-refractivity contribution in [3.8, 4) is 0 Å². The molecule has 1 unspecified atom stereocenters. The summed E-state index contributed by atoms with van der Waals surface area (Å²) in [5, 5.41) is -0.0417. The van der Waals surface area contributed by atoms with Gasteiger partial charge in [-0.05, 0) is 43.9 Å². The van der Waals surface area contributed by atoms with Crippen LogP contribution in [0.2, 0.25) is 0 Å². The molecular formula is C13H14BrClN2. The Bertz CT molecular complexity index is 558. The zero-order valence-corrected chi connectivity index (χ0v) is 12.0. The SMILES string of the molecule is CC(Cl)c1nc2cc(Br)ccc2n1CC1CC1. The first kappa shape index (κ1) is 11.5. The van der Waals surface area contributed by atoms with Crippen LogP contribution in [0.5, 0.6) is 0 Å². The molecule has 17 heavy (non-hydrogen) atoms. The zero-order chi connectivity index (χ0) is 12.0. The highest BCUT2D eigenvalue weighted by Gasteiger charge is 2.25. The van der Waals surface area contributed by atoms with Crippen LogP contribution in [0.25, 0.3) is 11.0 Å². The van der Waals surface area contributed by atoms with E-state index in [4.69, 9.17) is 11.6 Å². The summed E-state index contributed by atoms with van der Waals surface area (Å²) < 4.78 is 3.35. The Balaban J connectivity index is 2.15. The van der Waals surface area contributed by atoms with Gasteiger partial charge in [0, 0.05) is 11.0 Å². The zero-order valence-electron chi connectivity index (χ0n) is 9.66. The van der Waals surface area contributed by atoms with E-state index in [0.717, 1.165) is 28.3 Å². The van der Waals surface area contributed by atoms with Crippen molar-refractivity contribution in [3.05, 3.63) is 28.5 Å². The van der Waals surface area contributed by atoms with Gasteiger partial charge in [-0.1, -0.05) is 15.9 Å². The first-order valence-electron chi connectivity index (χ1n) is 5.95. The van der Waals surface area contributed by atoms with Crippen LogP contribution in [0.15, 0.2) is 22.7 Å². The van der Waals surface area contributed by atoms with Crippen molar-refractivity contribution < 1.29 is 0 Å². The van der Waals surface area contributed by atoms with Crippen molar-refractivity contribution in [3.63, 3.8) is 0 Å². The van der Waals surface area contributed by atoms with E-state index in [-0.39, 0.29) is 5.38 Å². The number of halogens is 2. The first-order valence-corrected chi connectivity index (χ1v) is 7.18. The summed E-state index contributed by atoms with van der Waals surface area (Å²) in [6.07, 6.45) is 2.68. The monoisotopic (exact) mass is 312 g/mol. The molecule has 1 aromatic heterocycles. The van der Waals surface area contributed by atoms with Crippen molar-refractivity contribution in [2.24, 2.45) is 5.92 Å². The Morgan fingerprint density at radius 2 is 2.29 bits per heavy atom. The largest absolute Gasteiger partial charge is 0.326 e. The van der Waals surface area contributed by atoms with E-state index in [0.29, 0.717) is 0 Å². The summed E-state index contributed by atoms with van der Waals surface area (Å²) in [7, 11) is 0. The van der Waals surface area contributed by atoms with Crippen molar-refractivity contribution in [1.82, 2.24) is 9.55 Å². The van der Waals surface area contributed by atoms with Gasteiger partial charge in [0.15, 0.2) is 0 Å². The summed E-state index contributed by atoms with van der Waals surface area (Å²) in [4.78, 5) is 4.65. The Hall–Kier alpha value is -0.540. The second kappa shape index (κ2) is 4.29. The molecule has 0 saturated heterocycles. The molecule has 1 heterocycles. The van der Waals surface area contributed by atoms with Gasteiger partial charge >= 0.3 is 0 Å². The topological polar surface area (TPSA) is 17.8 Å². The smallest absolute Gasteiger partial charge is 0.127 e. The first-order chi connectivity index (χ1) is 8.15. The molecule has 1 aliphatic rings. The second-order valence-electron chi connectivity index (χ2n) is 4.77. The highest BCUT2D eigenvalue weighted by atomic mass is 79.9. The maximum Gasteiger partial charge on any atom is 0.127 e. The molecule has 1 atom stereocenters. The lowest BCUT2D eigenvalue weighted by atomic mass is 10.3. The number of alkyl halides is 1. The number of benzene rings is 1. The Kier molecular flexibility index (Phi) is 2.91. The fourth-order valence-corrected chi connectivity index (χ4v) is 2.69. The molecule has 1 aromatic carbocycles. The quantitative estimate of drug-likeness (QED) is 0.762. The van der Waals surface area contributed by atoms with Crippen molar-refractivity contribution in [2.75, 3.05) is 0 Å². The number of rotatable bonds is 3. The molecule has 0 spiro atoms. The van der Waals surface area contributed by atoms with E-state index in [1.54, 1.807) is 0 Å². The lowest BCUT2D eigenvalue weighted by molar-refractivity contribution is 0.610. The van der Waals surface area contributed by atoms with Crippen LogP contribution < -0.4 is 0 Å². The summed E-state index contributed by atoms with van der Waals surface area (Å²) in [6, 6.07) is 6.25. The lowest BCUT2D eigenvalue weighted by Crippen LogP contribution is -2.05. The Labute approximate surface area is 114 Å². The molecular weight excluding hydrogens is 300 g/mol. The number of aromatic nitrogens is 2. The minimum Gasteiger partial charge on any atom is -0.326 e. The minimum absolute atomic E-state index is 0.0417. The average molecular weight is 314 g/mol. The average Bonchev–Trinajstić information content (AvgIpc) is 3.00. The van der Waals surface area contributed by atoms with Crippen LogP contribution >= 0.6 is 27.5 Å². The van der Waals surface area contributed by atoms with Gasteiger partial charge in [-0.3, -0.25) is 0 Å². The Morgan fingerprint density at radius 3 is 2.94 bits per heavy atom. The van der Waals surface area contributed by atoms with Gasteiger partial charge < -0.3 is 4.57 Å². The van der Waals surface area contributed by atoms with E-state index in [1.807, 2.05) is 6.92 Å². The van der Waals surface area contributed by atoms with Gasteiger partial charge in [0.25, 0.3) is 0 Å². The molecule has 0 bridgehead atoms. The molecule has 3 rings (SSSR count). The van der Waals surface area contributed by atoms with E-state index < -0.39 is 0 Å². The normalized spacial score (nSPS) is 17.6. The molecule has 1 fully saturated rings. The molecule has 2 nitrogen and oxygen atoms in total. The Morgan fingerprint density at radius 1 is 1.53 bits per heavy atom. The predicted molar refractivity (Wildman–Crippen MR) is 74.4 cm³/mol. The number of nitrogens with zero attached hydrogens (tertiary/aromatic N) is 2. The second-order valence-corrected chi connectivity index (χ2v) is 6.34. The van der Waals surface area contributed by atoms with Gasteiger partial charge in [0.05, 0.1) is 16.4 Å². The van der Waals surface area contributed by atoms with Crippen LogP contribution in [0, 0.1) is 5.92 Å². The minimum atomic E-state index is -0.0417. The third kappa shape index (κ3) is 2.23. The van der Waals surface area contributed by atoms with Gasteiger partial charge in [-0.25, -0.2) is 4.98 Å². The van der Waals surface area contributed by atoms with E-state index in [1.165, 1.54) is 18.4 Å². The maximum atomic E-state index is 6.23. The number of fused-ring (bicyclic) bond motifs is 1. The van der Waals surface area contributed by atoms with Crippen molar-refractivity contribution in [1.29, 1.82) is 0 Å². The molecule has 0 N–H and O–H groups in total. The fraction of sp³-hybridized carbons (Fsp3) is 0.462. The molecule has 90 valence electrons. The third-order valence-electron chi connectivity index (χ3n) is 3.23. The van der Waals surface area contributed by atoms with Gasteiger partial charge in [0.2, 0.25) is 0 Å². The van der Waals surface area contributed by atoms with E-state index >= 15 is 0 Å². The van der Waals surface area contributed by atoms with Gasteiger partial charge in [-0.2, -0.15) is 0 Å². The standard InChI is InChI=1S/C13H14BrClN2/c1-8(15)13-16-11-6-10(14)4-5-12(11)17(13)7-9-2-3-9/h4-6,8-9H,2-3,7H2,1H3. The summed E-state index contributed by atoms with van der Waals surface area (Å²) in [5.74, 6) is 1.82. The number of imidazole rings is 1. The molecule has 1 aliphatic carbocycles. The molecule has 0 radical (unpaired) electrons. The van der Waals surface area contributed by atoms with Crippen molar-refractivity contribution >= 4 is 38.6 Å². The van der Waals surface area contributed by atoms with Gasteiger partial charge in [-0.15, -0.1) is 11.6 Å². The molecule has 4 heteroatoms. The summed E-state index contributed by atoms with van der Waals surface area (Å²) in [5.41, 5.74) is 2.23. The third-order valence-corrected chi connectivity index (χ3v) is 3.92. The fourth-order valence-electron chi connectivity index (χ4n) is 2.18. The molecule has 2 aromatic rings. The van der Waals surface area contributed by atoms with Crippen LogP contribution in [0.4, 0.5) is 0 Å². The van der Waals surface area contributed by atoms with Crippen LogP contribution in [0.3, 0.4) is 0 Å². The molecule has 0 amide bonds. The highest BCUT2D eigenvalue weighted by molar-refractivity contribution is 9.10. The summed E-state index contributed by atoms with van der Waals surface area (Å²) >= 11 is 9.71. The van der Waals surface area contributed by atoms with Crippen molar-refractivity contribution in [2.45, 2.75) is 31.7 Å². The van der Waals surface area contributed by atoms with E-state index in [9.17, 15) is 0 Å². The number of hydrogen-bond donors (Lipinski definition) is 0. The predicted octanol–water partition coefficient (Wildman–Crippen LogP) is 4.51. The lowest BCUT2D eigenvalue weighted by Gasteiger charge is -2.09. The summed E-state index contributed by atoms with van der Waals surface area (Å²) in [6.45, 7) is 3.05. The van der Waals surface area contributed by atoms with Gasteiger partial charge in [0.1, 0.15) is 5.82 Å². The van der Waals surface area contributed by atoms with E-state index in [2.05, 4.69) is 43.7 Å². The molecule has 0 aliphatic heterocycles. The van der Waals surface area contributed by atoms with Crippen LogP contribution in [-0.4, -0.2) is 9.55 Å². The number of hydrogen-bond acceptors (Lipinski definition) is 1. The molecule has 1 saturated carbocycles. The maximum absolute atomic E-state index is 6.23. The van der Waals surface area contributed by atoms with Crippen LogP contribution in [0.1, 0.15) is 31.0 Å². The van der Waals surface area contributed by atoms with Crippen LogP contribution in [-0.2, 0) is 6.54 Å². The highest BCUT2D eigenvalue weighted by Crippen LogP contribution is 2.34.